The van der Waals surface area contributed by atoms with Crippen molar-refractivity contribution in [3.8, 4) is 28.7 Å². The van der Waals surface area contributed by atoms with Gasteiger partial charge in [-0.05, 0) is 201 Å². The van der Waals surface area contributed by atoms with Gasteiger partial charge in [0.15, 0.2) is 11.4 Å². The Balaban J connectivity index is 0.000000204. The number of piperidine rings is 5. The molecule has 26 nitrogen and oxygen atoms in total. The molecule has 12 rings (SSSR count). The number of carbonyl (C=O) groups excluding carboxylic acids is 2. The fourth-order valence-electron chi connectivity index (χ4n) is 14.3. The molecule has 2 aromatic heterocycles. The molecule has 5 aliphatic heterocycles. The average Bonchev–Trinajstić information content (AvgIpc) is 0.766. The highest BCUT2D eigenvalue weighted by Crippen LogP contribution is 2.45. The molecule has 10 N–H and O–H groups in total. The molecule has 121 heavy (non-hydrogen) atoms. The van der Waals surface area contributed by atoms with E-state index in [9.17, 15) is 60.5 Å². The Morgan fingerprint density at radius 1 is 0.463 bits per heavy atom. The van der Waals surface area contributed by atoms with E-state index >= 15 is 0 Å². The lowest BCUT2D eigenvalue weighted by Gasteiger charge is -2.39. The second-order valence-corrected chi connectivity index (χ2v) is 33.1. The van der Waals surface area contributed by atoms with Crippen molar-refractivity contribution < 1.29 is 94.1 Å². The average molecular weight is 1840 g/mol. The Morgan fingerprint density at radius 2 is 0.769 bits per heavy atom. The predicted molar refractivity (Wildman–Crippen MR) is 449 cm³/mol. The summed E-state index contributed by atoms with van der Waals surface area (Å²) in [7, 11) is 7.75. The fourth-order valence-corrected chi connectivity index (χ4v) is 15.8. The third-order valence-corrected chi connectivity index (χ3v) is 24.1. The second kappa shape index (κ2) is 42.8. The number of nitrogens with two attached hydrogens (primary N) is 2. The lowest BCUT2D eigenvalue weighted by atomic mass is 9.73. The van der Waals surface area contributed by atoms with Gasteiger partial charge in [-0.3, -0.25) is 28.5 Å². The number of nitrogens with one attached hydrogen (secondary N) is 3. The molecule has 0 bridgehead atoms. The maximum atomic E-state index is 13.0. The first kappa shape index (κ1) is 99.7. The van der Waals surface area contributed by atoms with E-state index in [2.05, 4.69) is 31.0 Å². The van der Waals surface area contributed by atoms with E-state index in [-0.39, 0.29) is 29.4 Å². The van der Waals surface area contributed by atoms with Gasteiger partial charge in [-0.1, -0.05) is 105 Å². The van der Waals surface area contributed by atoms with Crippen LogP contribution in [0.1, 0.15) is 136 Å². The van der Waals surface area contributed by atoms with Crippen molar-refractivity contribution >= 4 is 111 Å². The minimum atomic E-state index is -4.68. The molecule has 5 saturated heterocycles. The van der Waals surface area contributed by atoms with E-state index in [1.54, 1.807) is 93.3 Å². The zero-order chi connectivity index (χ0) is 90.0. The van der Waals surface area contributed by atoms with Crippen LogP contribution in [0.5, 0.6) is 28.7 Å². The molecule has 7 aromatic rings. The highest BCUT2D eigenvalue weighted by molar-refractivity contribution is 6.34. The molecule has 5 aromatic carbocycles. The summed E-state index contributed by atoms with van der Waals surface area (Å²) in [5, 5.41) is 45.8. The van der Waals surface area contributed by atoms with E-state index < -0.39 is 91.8 Å². The number of aromatic nitrogens is 4. The van der Waals surface area contributed by atoms with Gasteiger partial charge < -0.3 is 85.8 Å². The number of carbonyl (C=O) groups is 5. The lowest BCUT2D eigenvalue weighted by molar-refractivity contribution is -0.146. The Bertz CT molecular complexity index is 4800. The maximum absolute atomic E-state index is 13.0. The van der Waals surface area contributed by atoms with Gasteiger partial charge >= 0.3 is 36.4 Å². The summed E-state index contributed by atoms with van der Waals surface area (Å²) in [6.45, 7) is 21.0. The summed E-state index contributed by atoms with van der Waals surface area (Å²) >= 11 is 41.2. The number of methoxy groups -OCH3 is 5. The van der Waals surface area contributed by atoms with E-state index in [4.69, 9.17) is 133 Å². The fraction of sp³-hybridized carbons (Fsp3) is 0.488. The number of alkyl halides is 6. The molecule has 0 aliphatic carbocycles. The molecule has 662 valence electrons. The summed E-state index contributed by atoms with van der Waals surface area (Å²) in [5.74, 6) is -0.512. The van der Waals surface area contributed by atoms with Gasteiger partial charge in [0.25, 0.3) is 5.54 Å². The van der Waals surface area contributed by atoms with Crippen molar-refractivity contribution in [1.29, 1.82) is 0 Å². The van der Waals surface area contributed by atoms with Crippen molar-refractivity contribution in [2.24, 2.45) is 11.5 Å². The molecule has 39 heteroatoms. The first-order valence-electron chi connectivity index (χ1n) is 38.1. The molecule has 0 saturated carbocycles. The zero-order valence-electron chi connectivity index (χ0n) is 68.2. The number of rotatable bonds is 16. The molecule has 2 amide bonds. The van der Waals surface area contributed by atoms with Crippen LogP contribution in [0.3, 0.4) is 0 Å². The Hall–Kier alpha value is -8.43. The monoisotopic (exact) mass is 1830 g/mol. The van der Waals surface area contributed by atoms with Crippen LogP contribution in [0.25, 0.3) is 4.85 Å². The smallest absolute Gasteiger partial charge is 0.436 e. The van der Waals surface area contributed by atoms with E-state index in [0.29, 0.717) is 142 Å². The van der Waals surface area contributed by atoms with Gasteiger partial charge in [0.05, 0.1) is 92.9 Å². The highest BCUT2D eigenvalue weighted by Gasteiger charge is 2.47. The van der Waals surface area contributed by atoms with Crippen LogP contribution in [0, 0.1) is 20.4 Å². The number of hydrogen-bond acceptors (Lipinski definition) is 18. The van der Waals surface area contributed by atoms with Crippen molar-refractivity contribution in [2.75, 3.05) is 101 Å². The van der Waals surface area contributed by atoms with E-state index in [0.717, 1.165) is 78.8 Å². The van der Waals surface area contributed by atoms with Crippen molar-refractivity contribution in [3.05, 3.63) is 188 Å². The van der Waals surface area contributed by atoms with Gasteiger partial charge in [-0.2, -0.15) is 36.5 Å². The summed E-state index contributed by atoms with van der Waals surface area (Å²) < 4.78 is 109. The molecule has 7 heterocycles. The number of hydrogen-bond donors (Lipinski definition) is 8. The third kappa shape index (κ3) is 25.2. The molecule has 0 unspecified atom stereocenters. The van der Waals surface area contributed by atoms with Crippen molar-refractivity contribution in [2.45, 2.75) is 157 Å². The van der Waals surface area contributed by atoms with Gasteiger partial charge in [-0.15, -0.1) is 0 Å². The number of aliphatic carboxylic acids is 3. The lowest BCUT2D eigenvalue weighted by Crippen LogP contribution is -2.50. The van der Waals surface area contributed by atoms with Crippen molar-refractivity contribution in [3.63, 3.8) is 0 Å². The van der Waals surface area contributed by atoms with Gasteiger partial charge in [0.2, 0.25) is 5.91 Å². The van der Waals surface area contributed by atoms with Crippen LogP contribution in [0.15, 0.2) is 91.0 Å². The van der Waals surface area contributed by atoms with E-state index in [1.165, 1.54) is 35.2 Å². The predicted octanol–water partition coefficient (Wildman–Crippen LogP) is 16.4. The molecule has 0 radical (unpaired) electrons. The van der Waals surface area contributed by atoms with Crippen LogP contribution in [0.4, 0.5) is 31.1 Å². The van der Waals surface area contributed by atoms with Crippen LogP contribution in [-0.4, -0.2) is 181 Å². The SMILES string of the molecule is COc1cc(C2(C(=O)O)CCN(C(=O)OC(C)(C)C)CC2)ccc1Cl.COc1cc(C2(C(=O)O)CCNCC2)ccc1Cl.COc1cc(C2(N)CCN(C(=O)Cn3nc(C(F)(F)F)c(Cl)c3C)CC2)ccc1Cl.COc1cc(C2(N)CCNCC2)ccc1Cl.Cc1c(Cl)c(C(F)(F)F)nn1CC(=O)O.[C-]#[N+]C1(c2ccc(Cl)c(OC)c2)CCNCC1. The number of benzene rings is 5. The summed E-state index contributed by atoms with van der Waals surface area (Å²) in [5.41, 5.74) is 11.2. The normalized spacial score (nSPS) is 17.0. The van der Waals surface area contributed by atoms with E-state index in [1.807, 2.05) is 42.5 Å². The number of amides is 2. The van der Waals surface area contributed by atoms with Gasteiger partial charge in [0, 0.05) is 68.8 Å². The highest BCUT2D eigenvalue weighted by atomic mass is 35.5. The molecular weight excluding hydrogens is 1740 g/mol. The largest absolute Gasteiger partial charge is 0.495 e. The number of likely N-dealkylation sites (tertiary alicyclic amines) is 2. The minimum absolute atomic E-state index is 0.0219. The summed E-state index contributed by atoms with van der Waals surface area (Å²) in [4.78, 5) is 65.9. The zero-order valence-corrected chi connectivity index (χ0v) is 73.5. The second-order valence-electron chi connectivity index (χ2n) is 30.3. The van der Waals surface area contributed by atoms with Crippen molar-refractivity contribution in [1.82, 2.24) is 45.3 Å². The molecule has 0 atom stereocenters. The standard InChI is InChI=1S/C19H21Cl2F3N4O2.C18H24ClNO5.C13H15ClN2O.C13H16ClNO3.C12H17ClN2O.C7H6ClF3N2O2/c1-11-16(21)17(19(22,23)24)26-28(11)10-15(29)27-7-5-18(25,6-8-27)12-3-4-13(20)14(9-12)30-2;1-17(2,3)25-16(23)20-9-7-18(8-10-20,15(21)22)12-5-6-13(19)14(11-12)24-4;1-15-13(5-7-16-8-6-13)10-3-4-11(14)12(9-10)17-2;1-18-11-8-9(2-3-10(11)14)13(12(16)17)4-6-15-7-5-13;1-16-11-8-9(2-3-10(11)13)12(14)4-6-15-7-5-12;1-3-5(8)6(7(9,10)11)12-13(3)2-4(14)15/h3-4,9H,5-8,10,25H2,1-2H3;5-6,11H,7-10H2,1-4H3,(H,21,22);3-4,9,16H,5-8H2,2H3;2-3,8,15H,4-7H2,1H3,(H,16,17);2-3,8,15H,4-7,14H2,1H3;2H2,1H3,(H,14,15). The third-order valence-electron chi connectivity index (χ3n) is 21.6. The van der Waals surface area contributed by atoms with Crippen LogP contribution < -0.4 is 51.1 Å². The summed E-state index contributed by atoms with van der Waals surface area (Å²) in [6.07, 6.45) is -3.50. The number of halogens is 13. The number of nitrogens with zero attached hydrogens (tertiary/aromatic N) is 7. The topological polar surface area (TPSA) is 336 Å². The number of carboxylic acid groups (broad SMARTS) is 3. The van der Waals surface area contributed by atoms with Gasteiger partial charge in [0.1, 0.15) is 47.4 Å². The van der Waals surface area contributed by atoms with Crippen LogP contribution in [0.2, 0.25) is 35.2 Å². The Labute approximate surface area is 732 Å². The molecule has 0 spiro atoms. The quantitative estimate of drug-likeness (QED) is 0.0329. The molecular formula is C82H99Cl7F6N12O14. The van der Waals surface area contributed by atoms with Crippen LogP contribution >= 0.6 is 81.2 Å². The number of ether oxygens (including phenoxy) is 6. The van der Waals surface area contributed by atoms with Gasteiger partial charge in [-0.25, -0.2) is 11.4 Å². The summed E-state index contributed by atoms with van der Waals surface area (Å²) in [6, 6.07) is 27.0. The molecule has 5 aliphatic rings. The first-order chi connectivity index (χ1) is 56.7. The minimum Gasteiger partial charge on any atom is -0.495 e. The maximum Gasteiger partial charge on any atom is 0.436 e. The first-order valence-corrected chi connectivity index (χ1v) is 40.7. The Kier molecular flexibility index (Phi) is 35.2. The Morgan fingerprint density at radius 3 is 1.10 bits per heavy atom. The van der Waals surface area contributed by atoms with Crippen LogP contribution in [-0.2, 0) is 76.8 Å². The number of carboxylic acids is 3. The molecule has 5 fully saturated rings.